The molecule has 0 atom stereocenters. The van der Waals surface area contributed by atoms with Gasteiger partial charge in [-0.25, -0.2) is 4.39 Å². The van der Waals surface area contributed by atoms with Crippen LogP contribution in [-0.2, 0) is 4.79 Å². The molecule has 2 aromatic carbocycles. The van der Waals surface area contributed by atoms with Gasteiger partial charge >= 0.3 is 0 Å². The average molecular weight is 387 g/mol. The Morgan fingerprint density at radius 2 is 1.78 bits per heavy atom. The highest BCUT2D eigenvalue weighted by atomic mass is 32.2. The third-order valence-electron chi connectivity index (χ3n) is 4.44. The lowest BCUT2D eigenvalue weighted by atomic mass is 10.1. The van der Waals surface area contributed by atoms with Crippen molar-refractivity contribution in [1.29, 1.82) is 0 Å². The number of hydrogen-bond donors (Lipinski definition) is 2. The van der Waals surface area contributed by atoms with Gasteiger partial charge in [-0.3, -0.25) is 9.59 Å². The number of carbonyl (C=O) groups is 2. The van der Waals surface area contributed by atoms with E-state index < -0.39 is 5.91 Å². The van der Waals surface area contributed by atoms with Crippen LogP contribution in [0.25, 0.3) is 0 Å². The third-order valence-corrected chi connectivity index (χ3v) is 5.45. The Morgan fingerprint density at radius 3 is 2.44 bits per heavy atom. The first kappa shape index (κ1) is 19.2. The summed E-state index contributed by atoms with van der Waals surface area (Å²) in [7, 11) is 0. The number of primary amides is 1. The Bertz CT molecular complexity index is 820. The summed E-state index contributed by atoms with van der Waals surface area (Å²) in [6.07, 6.45) is 3.41. The van der Waals surface area contributed by atoms with Gasteiger partial charge in [0, 0.05) is 23.5 Å². The molecular weight excluding hydrogens is 365 g/mol. The lowest BCUT2D eigenvalue weighted by Crippen LogP contribution is -2.30. The summed E-state index contributed by atoms with van der Waals surface area (Å²) < 4.78 is 13.0. The van der Waals surface area contributed by atoms with Crippen LogP contribution in [0.5, 0.6) is 0 Å². The van der Waals surface area contributed by atoms with Gasteiger partial charge in [0.15, 0.2) is 0 Å². The monoisotopic (exact) mass is 387 g/mol. The van der Waals surface area contributed by atoms with E-state index in [4.69, 9.17) is 5.73 Å². The number of piperidine rings is 1. The maximum atomic E-state index is 13.0. The van der Waals surface area contributed by atoms with Crippen LogP contribution in [0.15, 0.2) is 47.4 Å². The first-order valence-electron chi connectivity index (χ1n) is 8.90. The first-order chi connectivity index (χ1) is 13.0. The van der Waals surface area contributed by atoms with Crippen molar-refractivity contribution < 1.29 is 14.0 Å². The van der Waals surface area contributed by atoms with Crippen LogP contribution in [0.2, 0.25) is 0 Å². The normalized spacial score (nSPS) is 14.0. The van der Waals surface area contributed by atoms with Gasteiger partial charge in [0.1, 0.15) is 5.82 Å². The molecule has 142 valence electrons. The fourth-order valence-corrected chi connectivity index (χ4v) is 3.76. The molecule has 3 N–H and O–H groups in total. The van der Waals surface area contributed by atoms with Crippen molar-refractivity contribution >= 4 is 35.0 Å². The minimum atomic E-state index is -0.531. The summed E-state index contributed by atoms with van der Waals surface area (Å²) in [5.74, 6) is -0.842. The molecule has 0 spiro atoms. The summed E-state index contributed by atoms with van der Waals surface area (Å²) in [6.45, 7) is 1.84. The van der Waals surface area contributed by atoms with Crippen molar-refractivity contribution in [3.05, 3.63) is 53.8 Å². The van der Waals surface area contributed by atoms with Crippen LogP contribution in [-0.4, -0.2) is 30.7 Å². The van der Waals surface area contributed by atoms with E-state index in [1.807, 2.05) is 6.07 Å². The van der Waals surface area contributed by atoms with Gasteiger partial charge in [0.05, 0.1) is 17.1 Å². The molecule has 0 aliphatic carbocycles. The fourth-order valence-electron chi connectivity index (χ4n) is 3.07. The topological polar surface area (TPSA) is 75.4 Å². The SMILES string of the molecule is NC(=O)c1ccc(N2CCCCC2)c(NC(=O)CSc2ccc(F)cc2)c1. The number of hydrogen-bond acceptors (Lipinski definition) is 4. The highest BCUT2D eigenvalue weighted by molar-refractivity contribution is 8.00. The lowest BCUT2D eigenvalue weighted by Gasteiger charge is -2.30. The Morgan fingerprint density at radius 1 is 1.07 bits per heavy atom. The molecule has 1 saturated heterocycles. The number of halogens is 1. The second-order valence-corrected chi connectivity index (χ2v) is 7.48. The van der Waals surface area contributed by atoms with Crippen molar-refractivity contribution in [2.75, 3.05) is 29.1 Å². The Kier molecular flexibility index (Phi) is 6.34. The van der Waals surface area contributed by atoms with Gasteiger partial charge in [-0.1, -0.05) is 0 Å². The number of nitrogens with zero attached hydrogens (tertiary/aromatic N) is 1. The number of amides is 2. The zero-order valence-corrected chi connectivity index (χ0v) is 15.7. The summed E-state index contributed by atoms with van der Waals surface area (Å²) >= 11 is 1.32. The molecule has 1 fully saturated rings. The molecule has 0 bridgehead atoms. The summed E-state index contributed by atoms with van der Waals surface area (Å²) in [5, 5.41) is 2.90. The predicted octanol–water partition coefficient (Wildman–Crippen LogP) is 3.65. The summed E-state index contributed by atoms with van der Waals surface area (Å²) in [4.78, 5) is 27.0. The van der Waals surface area contributed by atoms with Crippen molar-refractivity contribution in [2.24, 2.45) is 5.73 Å². The van der Waals surface area contributed by atoms with E-state index in [-0.39, 0.29) is 17.5 Å². The molecule has 2 amide bonds. The quantitative estimate of drug-likeness (QED) is 0.742. The molecule has 1 aliphatic rings. The molecule has 1 heterocycles. The van der Waals surface area contributed by atoms with E-state index in [2.05, 4.69) is 10.2 Å². The van der Waals surface area contributed by atoms with Crippen LogP contribution < -0.4 is 16.0 Å². The van der Waals surface area contributed by atoms with E-state index in [1.165, 1.54) is 30.3 Å². The smallest absolute Gasteiger partial charge is 0.248 e. The van der Waals surface area contributed by atoms with Gasteiger partial charge < -0.3 is 16.0 Å². The molecule has 2 aromatic rings. The highest BCUT2D eigenvalue weighted by Gasteiger charge is 2.17. The number of carbonyl (C=O) groups excluding carboxylic acids is 2. The van der Waals surface area contributed by atoms with Gasteiger partial charge in [-0.2, -0.15) is 0 Å². The first-order valence-corrected chi connectivity index (χ1v) is 9.88. The molecule has 0 unspecified atom stereocenters. The largest absolute Gasteiger partial charge is 0.370 e. The average Bonchev–Trinajstić information content (AvgIpc) is 2.68. The van der Waals surface area contributed by atoms with Crippen molar-refractivity contribution in [1.82, 2.24) is 0 Å². The Labute approximate surface area is 162 Å². The maximum absolute atomic E-state index is 13.0. The Balaban J connectivity index is 1.72. The van der Waals surface area contributed by atoms with Gasteiger partial charge in [0.25, 0.3) is 0 Å². The van der Waals surface area contributed by atoms with Crippen molar-refractivity contribution in [3.8, 4) is 0 Å². The van der Waals surface area contributed by atoms with Gasteiger partial charge in [-0.05, 0) is 61.7 Å². The number of rotatable bonds is 6. The van der Waals surface area contributed by atoms with E-state index >= 15 is 0 Å². The zero-order chi connectivity index (χ0) is 19.2. The number of nitrogens with one attached hydrogen (secondary N) is 1. The number of benzene rings is 2. The van der Waals surface area contributed by atoms with E-state index in [9.17, 15) is 14.0 Å². The minimum Gasteiger partial charge on any atom is -0.370 e. The standard InChI is InChI=1S/C20H22FN3O2S/c21-15-5-7-16(8-6-15)27-13-19(25)23-17-12-14(20(22)26)4-9-18(17)24-10-2-1-3-11-24/h4-9,12H,1-3,10-11,13H2,(H2,22,26)(H,23,25). The number of nitrogens with two attached hydrogens (primary N) is 1. The van der Waals surface area contributed by atoms with Crippen LogP contribution >= 0.6 is 11.8 Å². The van der Waals surface area contributed by atoms with Crippen LogP contribution in [0.3, 0.4) is 0 Å². The molecule has 27 heavy (non-hydrogen) atoms. The van der Waals surface area contributed by atoms with Gasteiger partial charge in [-0.15, -0.1) is 11.8 Å². The van der Waals surface area contributed by atoms with Crippen LogP contribution in [0.4, 0.5) is 15.8 Å². The third kappa shape index (κ3) is 5.23. The molecule has 7 heteroatoms. The number of anilines is 2. The molecule has 0 radical (unpaired) electrons. The maximum Gasteiger partial charge on any atom is 0.248 e. The minimum absolute atomic E-state index is 0.186. The highest BCUT2D eigenvalue weighted by Crippen LogP contribution is 2.30. The molecule has 1 aliphatic heterocycles. The predicted molar refractivity (Wildman–Crippen MR) is 107 cm³/mol. The molecule has 0 saturated carbocycles. The number of thioether (sulfide) groups is 1. The fraction of sp³-hybridized carbons (Fsp3) is 0.300. The lowest BCUT2D eigenvalue weighted by molar-refractivity contribution is -0.113. The van der Waals surface area contributed by atoms with E-state index in [1.54, 1.807) is 24.3 Å². The summed E-state index contributed by atoms with van der Waals surface area (Å²) in [5.41, 5.74) is 7.25. The second-order valence-electron chi connectivity index (χ2n) is 6.43. The van der Waals surface area contributed by atoms with Crippen molar-refractivity contribution in [3.63, 3.8) is 0 Å². The van der Waals surface area contributed by atoms with Gasteiger partial charge in [0.2, 0.25) is 11.8 Å². The van der Waals surface area contributed by atoms with Crippen LogP contribution in [0.1, 0.15) is 29.6 Å². The molecule has 3 rings (SSSR count). The zero-order valence-electron chi connectivity index (χ0n) is 14.9. The molecule has 0 aromatic heterocycles. The second kappa shape index (κ2) is 8.90. The van der Waals surface area contributed by atoms with E-state index in [0.717, 1.165) is 36.5 Å². The Hall–Kier alpha value is -2.54. The van der Waals surface area contributed by atoms with Crippen molar-refractivity contribution in [2.45, 2.75) is 24.2 Å². The van der Waals surface area contributed by atoms with E-state index in [0.29, 0.717) is 11.3 Å². The van der Waals surface area contributed by atoms with Crippen LogP contribution in [0, 0.1) is 5.82 Å². The molecular formula is C20H22FN3O2S. The summed E-state index contributed by atoms with van der Waals surface area (Å²) in [6, 6.07) is 11.2. The molecule has 5 nitrogen and oxygen atoms in total.